The van der Waals surface area contributed by atoms with Gasteiger partial charge in [-0.15, -0.1) is 11.3 Å². The van der Waals surface area contributed by atoms with Gasteiger partial charge in [0.25, 0.3) is 0 Å². The zero-order valence-corrected chi connectivity index (χ0v) is 19.0. The van der Waals surface area contributed by atoms with Gasteiger partial charge in [-0.2, -0.15) is 10.1 Å². The van der Waals surface area contributed by atoms with Crippen LogP contribution in [0.4, 0.5) is 14.9 Å². The number of amides is 2. The summed E-state index contributed by atoms with van der Waals surface area (Å²) in [6.07, 6.45) is 4.52. The van der Waals surface area contributed by atoms with Crippen molar-refractivity contribution in [2.45, 2.75) is 0 Å². The number of rotatable bonds is 6. The van der Waals surface area contributed by atoms with Crippen molar-refractivity contribution in [3.8, 4) is 22.2 Å². The second-order valence-electron chi connectivity index (χ2n) is 6.47. The zero-order chi connectivity index (χ0) is 23.4. The summed E-state index contributed by atoms with van der Waals surface area (Å²) >= 11 is 13.5. The van der Waals surface area contributed by atoms with E-state index < -0.39 is 11.8 Å². The highest BCUT2D eigenvalue weighted by Crippen LogP contribution is 2.31. The summed E-state index contributed by atoms with van der Waals surface area (Å²) in [5, 5.41) is 7.99. The number of nitrogens with two attached hydrogens (primary N) is 1. The maximum Gasteiger partial charge on any atom is 0.340 e. The molecule has 0 saturated heterocycles. The Morgan fingerprint density at radius 1 is 1.15 bits per heavy atom. The Balaban J connectivity index is 1.57. The topological polar surface area (TPSA) is 93.7 Å². The Kier molecular flexibility index (Phi) is 6.83. The highest BCUT2D eigenvalue weighted by Gasteiger charge is 2.15. The minimum atomic E-state index is -0.917. The SMILES string of the molecule is NC(=O)N(/N=C/c1cccc(Cl)c1Cl)c1ccc(Oc2ccnc(-c3nccs3)c2)c(F)c1. The van der Waals surface area contributed by atoms with E-state index in [0.717, 1.165) is 11.1 Å². The number of benzene rings is 2. The Morgan fingerprint density at radius 2 is 2.00 bits per heavy atom. The van der Waals surface area contributed by atoms with Gasteiger partial charge in [0.1, 0.15) is 16.5 Å². The summed E-state index contributed by atoms with van der Waals surface area (Å²) < 4.78 is 20.5. The molecule has 7 nitrogen and oxygen atoms in total. The molecule has 11 heteroatoms. The maximum absolute atomic E-state index is 14.8. The molecule has 0 unspecified atom stereocenters. The third-order valence-electron chi connectivity index (χ3n) is 4.27. The Hall–Kier alpha value is -3.53. The smallest absolute Gasteiger partial charge is 0.340 e. The lowest BCUT2D eigenvalue weighted by Gasteiger charge is -2.16. The van der Waals surface area contributed by atoms with Crippen molar-refractivity contribution in [3.05, 3.63) is 87.7 Å². The van der Waals surface area contributed by atoms with Gasteiger partial charge in [0, 0.05) is 35.5 Å². The first kappa shape index (κ1) is 22.7. The molecule has 0 aliphatic rings. The number of urea groups is 1. The van der Waals surface area contributed by atoms with Crippen molar-refractivity contribution in [2.24, 2.45) is 10.8 Å². The van der Waals surface area contributed by atoms with Gasteiger partial charge in [-0.3, -0.25) is 4.98 Å². The molecule has 166 valence electrons. The third kappa shape index (κ3) is 5.28. The molecule has 4 rings (SSSR count). The number of thiazole rings is 1. The number of carbonyl (C=O) groups is 1. The van der Waals surface area contributed by atoms with Crippen LogP contribution in [-0.2, 0) is 0 Å². The summed E-state index contributed by atoms with van der Waals surface area (Å²) in [5.41, 5.74) is 6.59. The number of hydrogen-bond acceptors (Lipinski definition) is 6. The van der Waals surface area contributed by atoms with Crippen LogP contribution >= 0.6 is 34.5 Å². The lowest BCUT2D eigenvalue weighted by Crippen LogP contribution is -2.31. The molecule has 0 saturated carbocycles. The van der Waals surface area contributed by atoms with Gasteiger partial charge in [-0.25, -0.2) is 14.2 Å². The molecule has 2 heterocycles. The van der Waals surface area contributed by atoms with Crippen molar-refractivity contribution in [2.75, 3.05) is 5.01 Å². The molecule has 0 radical (unpaired) electrons. The van der Waals surface area contributed by atoms with Crippen molar-refractivity contribution >= 4 is 52.5 Å². The molecule has 0 bridgehead atoms. The summed E-state index contributed by atoms with van der Waals surface area (Å²) in [7, 11) is 0. The van der Waals surface area contributed by atoms with Crippen LogP contribution in [0.2, 0.25) is 10.0 Å². The van der Waals surface area contributed by atoms with Gasteiger partial charge >= 0.3 is 6.03 Å². The number of pyridine rings is 1. The van der Waals surface area contributed by atoms with E-state index in [4.69, 9.17) is 33.7 Å². The monoisotopic (exact) mass is 501 g/mol. The molecule has 0 spiro atoms. The molecule has 2 aromatic carbocycles. The largest absolute Gasteiger partial charge is 0.454 e. The quantitative estimate of drug-likeness (QED) is 0.245. The second-order valence-corrected chi connectivity index (χ2v) is 8.15. The molecule has 4 aromatic rings. The van der Waals surface area contributed by atoms with Gasteiger partial charge in [0.05, 0.1) is 21.9 Å². The molecule has 0 atom stereocenters. The van der Waals surface area contributed by atoms with E-state index in [1.165, 1.54) is 29.7 Å². The summed E-state index contributed by atoms with van der Waals surface area (Å²) in [6.45, 7) is 0. The van der Waals surface area contributed by atoms with Crippen molar-refractivity contribution in [3.63, 3.8) is 0 Å². The lowest BCUT2D eigenvalue weighted by molar-refractivity contribution is 0.254. The molecule has 0 fully saturated rings. The standard InChI is InChI=1S/C22H14Cl2FN5O2S/c23-16-3-1-2-13(20(16)24)12-29-30(22(26)31)14-4-5-19(17(25)10-14)32-15-6-7-27-18(11-15)21-28-8-9-33-21/h1-12H,(H2,26,31)/b29-12+. The van der Waals surface area contributed by atoms with Crippen LogP contribution in [0.25, 0.3) is 10.7 Å². The molecule has 0 aliphatic carbocycles. The number of hydrogen-bond donors (Lipinski definition) is 1. The zero-order valence-electron chi connectivity index (χ0n) is 16.7. The average Bonchev–Trinajstić information content (AvgIpc) is 3.33. The first-order chi connectivity index (χ1) is 15.9. The highest BCUT2D eigenvalue weighted by atomic mass is 35.5. The molecule has 2 aromatic heterocycles. The number of ether oxygens (including phenoxy) is 1. The van der Waals surface area contributed by atoms with Crippen LogP contribution in [0.1, 0.15) is 5.56 Å². The van der Waals surface area contributed by atoms with Crippen molar-refractivity contribution in [1.29, 1.82) is 0 Å². The first-order valence-electron chi connectivity index (χ1n) is 9.33. The lowest BCUT2D eigenvalue weighted by atomic mass is 10.2. The Labute approximate surface area is 201 Å². The summed E-state index contributed by atoms with van der Waals surface area (Å²) in [4.78, 5) is 20.4. The van der Waals surface area contributed by atoms with Crippen LogP contribution in [0, 0.1) is 5.82 Å². The van der Waals surface area contributed by atoms with E-state index in [9.17, 15) is 9.18 Å². The van der Waals surface area contributed by atoms with Gasteiger partial charge in [0.2, 0.25) is 0 Å². The number of carbonyl (C=O) groups excluding carboxylic acids is 1. The fourth-order valence-electron chi connectivity index (χ4n) is 2.76. The van der Waals surface area contributed by atoms with E-state index in [2.05, 4.69) is 15.1 Å². The van der Waals surface area contributed by atoms with Gasteiger partial charge in [0.15, 0.2) is 11.6 Å². The molecular formula is C22H14Cl2FN5O2S. The second kappa shape index (κ2) is 9.95. The molecule has 33 heavy (non-hydrogen) atoms. The number of nitrogens with zero attached hydrogens (tertiary/aromatic N) is 4. The Bertz CT molecular complexity index is 1330. The fourth-order valence-corrected chi connectivity index (χ4v) is 3.73. The van der Waals surface area contributed by atoms with E-state index in [1.54, 1.807) is 42.7 Å². The Morgan fingerprint density at radius 3 is 2.73 bits per heavy atom. The van der Waals surface area contributed by atoms with Crippen molar-refractivity contribution < 1.29 is 13.9 Å². The molecule has 2 N–H and O–H groups in total. The van der Waals surface area contributed by atoms with Gasteiger partial charge < -0.3 is 10.5 Å². The predicted octanol–water partition coefficient (Wildman–Crippen LogP) is 6.36. The number of aromatic nitrogens is 2. The molecular weight excluding hydrogens is 488 g/mol. The van der Waals surface area contributed by atoms with E-state index in [1.807, 2.05) is 5.38 Å². The summed E-state index contributed by atoms with van der Waals surface area (Å²) in [5.74, 6) is -0.397. The van der Waals surface area contributed by atoms with E-state index in [0.29, 0.717) is 27.0 Å². The van der Waals surface area contributed by atoms with Crippen LogP contribution in [0.3, 0.4) is 0 Å². The maximum atomic E-state index is 14.8. The minimum Gasteiger partial charge on any atom is -0.454 e. The fraction of sp³-hybridized carbons (Fsp3) is 0. The predicted molar refractivity (Wildman–Crippen MR) is 128 cm³/mol. The summed E-state index contributed by atoms with van der Waals surface area (Å²) in [6, 6.07) is 11.2. The van der Waals surface area contributed by atoms with Crippen LogP contribution in [0.5, 0.6) is 11.5 Å². The number of hydrazone groups is 1. The normalized spacial score (nSPS) is 11.0. The van der Waals surface area contributed by atoms with E-state index >= 15 is 0 Å². The van der Waals surface area contributed by atoms with Gasteiger partial charge in [-0.1, -0.05) is 35.3 Å². The highest BCUT2D eigenvalue weighted by molar-refractivity contribution is 7.13. The molecule has 0 aliphatic heterocycles. The number of halogens is 3. The van der Waals surface area contributed by atoms with Crippen LogP contribution < -0.4 is 15.5 Å². The first-order valence-corrected chi connectivity index (χ1v) is 11.0. The van der Waals surface area contributed by atoms with E-state index in [-0.39, 0.29) is 16.5 Å². The average molecular weight is 502 g/mol. The minimum absolute atomic E-state index is 0.0543. The van der Waals surface area contributed by atoms with Gasteiger partial charge in [-0.05, 0) is 24.3 Å². The number of anilines is 1. The van der Waals surface area contributed by atoms with Crippen LogP contribution in [0.15, 0.2) is 71.4 Å². The van der Waals surface area contributed by atoms with Crippen molar-refractivity contribution in [1.82, 2.24) is 9.97 Å². The third-order valence-corrected chi connectivity index (χ3v) is 5.90. The number of primary amides is 1. The van der Waals surface area contributed by atoms with Crippen LogP contribution in [-0.4, -0.2) is 22.2 Å². The molecule has 2 amide bonds.